The summed E-state index contributed by atoms with van der Waals surface area (Å²) in [7, 11) is 0. The number of hydrogen-bond donors (Lipinski definition) is 0. The van der Waals surface area contributed by atoms with Crippen molar-refractivity contribution in [2.75, 3.05) is 0 Å². The monoisotopic (exact) mass is 483 g/mol. The largest absolute Gasteiger partial charge is 1.00 e. The van der Waals surface area contributed by atoms with Gasteiger partial charge in [0, 0.05) is 62.4 Å². The molecule has 0 radical (unpaired) electrons. The molecule has 0 fully saturated rings. The number of halogens is 1. The molecule has 0 aliphatic rings. The topological polar surface area (TPSA) is 62.7 Å². The van der Waals surface area contributed by atoms with E-state index in [1.54, 1.807) is 12.4 Å². The molecule has 26 heavy (non-hydrogen) atoms. The zero-order valence-corrected chi connectivity index (χ0v) is 19.7. The fourth-order valence-electron chi connectivity index (χ4n) is 2.69. The average Bonchev–Trinajstić information content (AvgIpc) is 3.26. The molecule has 8 heteroatoms. The summed E-state index contributed by atoms with van der Waals surface area (Å²) in [6.45, 7) is 1.50. The van der Waals surface area contributed by atoms with E-state index < -0.39 is 0 Å². The van der Waals surface area contributed by atoms with Crippen molar-refractivity contribution in [3.8, 4) is 11.6 Å². The fourth-order valence-corrected chi connectivity index (χ4v) is 2.69. The van der Waals surface area contributed by atoms with Crippen LogP contribution < -0.4 is 80.3 Å². The van der Waals surface area contributed by atoms with Gasteiger partial charge in [-0.1, -0.05) is 0 Å². The standard InChI is InChI=1S/C18H16N6.HI.K/c1-5-19-6-2-15(1)13-23-11-9-21-17(23)18-22-10-12-24(18)14-16-3-7-20-8-4-16;;/h1-12H,13-14H2;1H;/q;;+1. The third-order valence-electron chi connectivity index (χ3n) is 3.87. The number of nitrogens with zero attached hydrogens (tertiary/aromatic N) is 5. The Morgan fingerprint density at radius 1 is 0.731 bits per heavy atom. The number of aromatic nitrogens is 6. The van der Waals surface area contributed by atoms with Gasteiger partial charge in [-0.3, -0.25) is 4.98 Å². The van der Waals surface area contributed by atoms with Gasteiger partial charge < -0.3 is 33.1 Å². The van der Waals surface area contributed by atoms with Crippen LogP contribution in [-0.4, -0.2) is 24.1 Å². The average molecular weight is 483 g/mol. The zero-order chi connectivity index (χ0) is 16.2. The van der Waals surface area contributed by atoms with Crippen molar-refractivity contribution in [2.45, 2.75) is 13.1 Å². The smallest absolute Gasteiger partial charge is 1.00 e. The first-order valence-corrected chi connectivity index (χ1v) is 7.77. The number of imidazole rings is 2. The number of H-pyrrole nitrogens is 1. The van der Waals surface area contributed by atoms with Crippen LogP contribution in [0.3, 0.4) is 0 Å². The molecule has 4 aromatic rings. The summed E-state index contributed by atoms with van der Waals surface area (Å²) in [5.41, 5.74) is 2.39. The molecule has 1 N–H and O–H groups in total. The Bertz CT molecular complexity index is 845. The number of aromatic amines is 1. The van der Waals surface area contributed by atoms with Crippen molar-refractivity contribution in [1.82, 2.24) is 24.1 Å². The summed E-state index contributed by atoms with van der Waals surface area (Å²) < 4.78 is 4.22. The molecule has 0 atom stereocenters. The number of rotatable bonds is 5. The van der Waals surface area contributed by atoms with Gasteiger partial charge in [-0.25, -0.2) is 15.0 Å². The van der Waals surface area contributed by atoms with Gasteiger partial charge in [0.15, 0.2) is 24.0 Å². The van der Waals surface area contributed by atoms with Crippen molar-refractivity contribution in [1.29, 1.82) is 0 Å². The molecule has 0 amide bonds. The predicted octanol–water partition coefficient (Wildman–Crippen LogP) is -3.94. The zero-order valence-electron chi connectivity index (χ0n) is 14.5. The molecule has 0 bridgehead atoms. The van der Waals surface area contributed by atoms with E-state index >= 15 is 0 Å². The third-order valence-corrected chi connectivity index (χ3v) is 3.87. The SMILES string of the molecule is [I-].[K+].c1cc(Cn2ccnc2-c2nccn2Cc2cc[nH+]cc2)ccn1. The molecule has 6 nitrogen and oxygen atoms in total. The van der Waals surface area contributed by atoms with Crippen molar-refractivity contribution in [2.24, 2.45) is 0 Å². The molecule has 126 valence electrons. The van der Waals surface area contributed by atoms with E-state index in [0.29, 0.717) is 0 Å². The van der Waals surface area contributed by atoms with E-state index in [1.807, 2.05) is 49.3 Å². The molecule has 4 rings (SSSR count). The maximum Gasteiger partial charge on any atom is 1.00 e. The van der Waals surface area contributed by atoms with Gasteiger partial charge in [0.25, 0.3) is 0 Å². The Hall–Kier alpha value is -0.914. The molecule has 4 heterocycles. The Kier molecular flexibility index (Phi) is 8.58. The first kappa shape index (κ1) is 21.4. The van der Waals surface area contributed by atoms with E-state index in [2.05, 4.69) is 41.2 Å². The van der Waals surface area contributed by atoms with Crippen LogP contribution in [0.15, 0.2) is 73.8 Å². The second kappa shape index (κ2) is 10.4. The van der Waals surface area contributed by atoms with Gasteiger partial charge in [0.05, 0.1) is 0 Å². The molecule has 0 aliphatic carbocycles. The van der Waals surface area contributed by atoms with Crippen LogP contribution in [0, 0.1) is 0 Å². The second-order valence-corrected chi connectivity index (χ2v) is 5.52. The van der Waals surface area contributed by atoms with Gasteiger partial charge in [-0.2, -0.15) is 0 Å². The molecule has 0 aromatic carbocycles. The van der Waals surface area contributed by atoms with Crippen LogP contribution in [0.25, 0.3) is 11.6 Å². The van der Waals surface area contributed by atoms with Crippen LogP contribution in [0.5, 0.6) is 0 Å². The first-order valence-electron chi connectivity index (χ1n) is 7.77. The quantitative estimate of drug-likeness (QED) is 0.215. The van der Waals surface area contributed by atoms with Crippen LogP contribution >= 0.6 is 0 Å². The van der Waals surface area contributed by atoms with Crippen molar-refractivity contribution < 1.29 is 80.3 Å². The molecular formula is C18H17IKN6+. The van der Waals surface area contributed by atoms with Gasteiger partial charge in [-0.15, -0.1) is 0 Å². The maximum atomic E-state index is 4.52. The maximum absolute atomic E-state index is 4.52. The number of nitrogens with one attached hydrogen (secondary N) is 1. The van der Waals surface area contributed by atoms with Crippen molar-refractivity contribution in [3.63, 3.8) is 0 Å². The summed E-state index contributed by atoms with van der Waals surface area (Å²) in [5, 5.41) is 0. The van der Waals surface area contributed by atoms with Crippen LogP contribution in [0.2, 0.25) is 0 Å². The summed E-state index contributed by atoms with van der Waals surface area (Å²) in [5.74, 6) is 1.72. The second-order valence-electron chi connectivity index (χ2n) is 5.52. The Labute approximate surface area is 211 Å². The van der Waals surface area contributed by atoms with Crippen LogP contribution in [-0.2, 0) is 13.1 Å². The van der Waals surface area contributed by atoms with Gasteiger partial charge >= 0.3 is 51.4 Å². The summed E-state index contributed by atoms with van der Waals surface area (Å²) >= 11 is 0. The molecular weight excluding hydrogens is 466 g/mol. The minimum atomic E-state index is 0. The molecule has 0 aliphatic heterocycles. The Morgan fingerprint density at radius 2 is 1.23 bits per heavy atom. The predicted molar refractivity (Wildman–Crippen MR) is 88.9 cm³/mol. The minimum absolute atomic E-state index is 0. The van der Waals surface area contributed by atoms with Crippen LogP contribution in [0.1, 0.15) is 11.1 Å². The Balaban J connectivity index is 0.00000121. The van der Waals surface area contributed by atoms with E-state index in [4.69, 9.17) is 0 Å². The normalized spacial score (nSPS) is 10.0. The summed E-state index contributed by atoms with van der Waals surface area (Å²) in [4.78, 5) is 16.1. The van der Waals surface area contributed by atoms with Crippen molar-refractivity contribution in [3.05, 3.63) is 85.0 Å². The molecule has 4 aromatic heterocycles. The van der Waals surface area contributed by atoms with E-state index in [1.165, 1.54) is 11.1 Å². The Morgan fingerprint density at radius 3 is 1.77 bits per heavy atom. The van der Waals surface area contributed by atoms with Crippen molar-refractivity contribution >= 4 is 0 Å². The number of hydrogen-bond acceptors (Lipinski definition) is 3. The number of pyridine rings is 2. The summed E-state index contributed by atoms with van der Waals surface area (Å²) in [6.07, 6.45) is 15.1. The van der Waals surface area contributed by atoms with E-state index in [-0.39, 0.29) is 75.4 Å². The molecule has 0 saturated carbocycles. The van der Waals surface area contributed by atoms with Gasteiger partial charge in [-0.05, 0) is 23.3 Å². The molecule has 0 spiro atoms. The van der Waals surface area contributed by atoms with Gasteiger partial charge in [0.1, 0.15) is 0 Å². The summed E-state index contributed by atoms with van der Waals surface area (Å²) in [6, 6.07) is 8.15. The first-order chi connectivity index (χ1) is 11.9. The fraction of sp³-hybridized carbons (Fsp3) is 0.111. The molecule has 0 saturated heterocycles. The van der Waals surface area contributed by atoms with Crippen LogP contribution in [0.4, 0.5) is 0 Å². The minimum Gasteiger partial charge on any atom is -1.00 e. The third kappa shape index (κ3) is 5.08. The van der Waals surface area contributed by atoms with Gasteiger partial charge in [0.2, 0.25) is 0 Å². The van der Waals surface area contributed by atoms with E-state index in [0.717, 1.165) is 24.7 Å². The van der Waals surface area contributed by atoms with E-state index in [9.17, 15) is 0 Å². The molecule has 0 unspecified atom stereocenters.